The highest BCUT2D eigenvalue weighted by Crippen LogP contribution is 2.15. The van der Waals surface area contributed by atoms with Crippen molar-refractivity contribution in [1.29, 1.82) is 0 Å². The van der Waals surface area contributed by atoms with Crippen LogP contribution in [0.15, 0.2) is 16.9 Å². The van der Waals surface area contributed by atoms with Gasteiger partial charge in [0.25, 0.3) is 0 Å². The molecule has 6 heteroatoms. The minimum Gasteiger partial charge on any atom is -0.475 e. The van der Waals surface area contributed by atoms with Crippen molar-refractivity contribution in [3.63, 3.8) is 0 Å². The maximum Gasteiger partial charge on any atom is 0.327 e. The molecular weight excluding hydrogens is 268 g/mol. The predicted molar refractivity (Wildman–Crippen MR) is 83.9 cm³/mol. The van der Waals surface area contributed by atoms with Crippen LogP contribution in [0.2, 0.25) is 0 Å². The molecule has 21 heavy (non-hydrogen) atoms. The number of pyridine rings is 1. The van der Waals surface area contributed by atoms with Gasteiger partial charge in [-0.05, 0) is 33.0 Å². The fourth-order valence-corrected chi connectivity index (χ4v) is 2.31. The van der Waals surface area contributed by atoms with E-state index in [9.17, 15) is 4.79 Å². The lowest BCUT2D eigenvalue weighted by molar-refractivity contribution is 0.233. The summed E-state index contributed by atoms with van der Waals surface area (Å²) in [5, 5.41) is 0. The highest BCUT2D eigenvalue weighted by molar-refractivity contribution is 5.71. The van der Waals surface area contributed by atoms with Gasteiger partial charge in [-0.1, -0.05) is 13.8 Å². The quantitative estimate of drug-likeness (QED) is 0.846. The Morgan fingerprint density at radius 2 is 2.05 bits per heavy atom. The van der Waals surface area contributed by atoms with E-state index in [1.54, 1.807) is 10.6 Å². The van der Waals surface area contributed by atoms with Crippen LogP contribution in [-0.4, -0.2) is 45.2 Å². The molecule has 2 aromatic heterocycles. The molecule has 0 radical (unpaired) electrons. The smallest absolute Gasteiger partial charge is 0.327 e. The summed E-state index contributed by atoms with van der Waals surface area (Å²) in [5.74, 6) is 0.549. The third-order valence-electron chi connectivity index (χ3n) is 3.48. The Morgan fingerprint density at radius 1 is 1.33 bits per heavy atom. The second-order valence-electron chi connectivity index (χ2n) is 5.30. The second kappa shape index (κ2) is 6.76. The summed E-state index contributed by atoms with van der Waals surface area (Å²) >= 11 is 0. The summed E-state index contributed by atoms with van der Waals surface area (Å²) < 4.78 is 7.29. The van der Waals surface area contributed by atoms with E-state index in [-0.39, 0.29) is 11.8 Å². The molecule has 2 heterocycles. The molecule has 6 nitrogen and oxygen atoms in total. The first-order valence-corrected chi connectivity index (χ1v) is 7.53. The average Bonchev–Trinajstić information content (AvgIpc) is 2.75. The van der Waals surface area contributed by atoms with E-state index in [2.05, 4.69) is 28.7 Å². The predicted octanol–water partition coefficient (Wildman–Crippen LogP) is 1.85. The van der Waals surface area contributed by atoms with E-state index in [1.807, 2.05) is 19.9 Å². The Labute approximate surface area is 124 Å². The van der Waals surface area contributed by atoms with E-state index < -0.39 is 0 Å². The SMILES string of the molecule is CCN(CC)CCn1c(=O)[nH]c2ccc(OC(C)C)nc21. The molecule has 0 aliphatic heterocycles. The number of nitrogens with one attached hydrogen (secondary N) is 1. The lowest BCUT2D eigenvalue weighted by atomic mass is 10.4. The molecule has 2 rings (SSSR count). The number of rotatable bonds is 7. The van der Waals surface area contributed by atoms with Crippen LogP contribution in [0.5, 0.6) is 5.88 Å². The molecule has 0 spiro atoms. The van der Waals surface area contributed by atoms with Crippen molar-refractivity contribution in [2.24, 2.45) is 0 Å². The van der Waals surface area contributed by atoms with E-state index in [4.69, 9.17) is 4.74 Å². The molecule has 1 N–H and O–H groups in total. The summed E-state index contributed by atoms with van der Waals surface area (Å²) in [7, 11) is 0. The molecular formula is C15H24N4O2. The minimum absolute atomic E-state index is 0.0599. The normalized spacial score (nSPS) is 11.7. The van der Waals surface area contributed by atoms with Gasteiger partial charge in [-0.25, -0.2) is 4.79 Å². The Hall–Kier alpha value is -1.82. The molecule has 0 fully saturated rings. The summed E-state index contributed by atoms with van der Waals surface area (Å²) in [6, 6.07) is 3.63. The van der Waals surface area contributed by atoms with Crippen LogP contribution >= 0.6 is 0 Å². The molecule has 0 aromatic carbocycles. The zero-order valence-electron chi connectivity index (χ0n) is 13.2. The Balaban J connectivity index is 2.29. The van der Waals surface area contributed by atoms with Gasteiger partial charge in [0.05, 0.1) is 11.6 Å². The number of likely N-dealkylation sites (N-methyl/N-ethyl adjacent to an activating group) is 1. The van der Waals surface area contributed by atoms with Crippen LogP contribution in [0.3, 0.4) is 0 Å². The molecule has 0 aliphatic rings. The monoisotopic (exact) mass is 292 g/mol. The van der Waals surface area contributed by atoms with Crippen LogP contribution < -0.4 is 10.4 Å². The van der Waals surface area contributed by atoms with Gasteiger partial charge in [0.15, 0.2) is 5.65 Å². The maximum atomic E-state index is 12.1. The first-order chi connectivity index (χ1) is 10.0. The standard InChI is InChI=1S/C15H24N4O2/c1-5-18(6-2)9-10-19-14-12(16-15(19)20)7-8-13(17-14)21-11(3)4/h7-8,11H,5-6,9-10H2,1-4H3,(H,16,20). The van der Waals surface area contributed by atoms with Crippen molar-refractivity contribution in [3.8, 4) is 5.88 Å². The van der Waals surface area contributed by atoms with E-state index in [1.165, 1.54) is 0 Å². The van der Waals surface area contributed by atoms with Gasteiger partial charge < -0.3 is 14.6 Å². The Morgan fingerprint density at radius 3 is 2.67 bits per heavy atom. The van der Waals surface area contributed by atoms with Crippen molar-refractivity contribution < 1.29 is 4.74 Å². The number of imidazole rings is 1. The van der Waals surface area contributed by atoms with E-state index in [0.29, 0.717) is 18.1 Å². The zero-order chi connectivity index (χ0) is 15.4. The van der Waals surface area contributed by atoms with Crippen LogP contribution in [-0.2, 0) is 6.54 Å². The first kappa shape index (κ1) is 15.6. The molecule has 0 saturated heterocycles. The van der Waals surface area contributed by atoms with Crippen molar-refractivity contribution in [3.05, 3.63) is 22.6 Å². The highest BCUT2D eigenvalue weighted by Gasteiger charge is 2.11. The molecule has 2 aromatic rings. The molecule has 0 atom stereocenters. The molecule has 0 bridgehead atoms. The van der Waals surface area contributed by atoms with Gasteiger partial charge in [0.2, 0.25) is 5.88 Å². The van der Waals surface area contributed by atoms with Crippen molar-refractivity contribution >= 4 is 11.2 Å². The van der Waals surface area contributed by atoms with Crippen molar-refractivity contribution in [2.75, 3.05) is 19.6 Å². The molecule has 0 aliphatic carbocycles. The van der Waals surface area contributed by atoms with Crippen LogP contribution in [0.25, 0.3) is 11.2 Å². The molecule has 0 saturated carbocycles. The summed E-state index contributed by atoms with van der Waals surface area (Å²) in [6.07, 6.45) is 0.0599. The van der Waals surface area contributed by atoms with Gasteiger partial charge in [-0.2, -0.15) is 4.98 Å². The Kier molecular flexibility index (Phi) is 5.01. The lowest BCUT2D eigenvalue weighted by Crippen LogP contribution is -2.30. The molecule has 0 unspecified atom stereocenters. The van der Waals surface area contributed by atoms with Gasteiger partial charge in [-0.15, -0.1) is 0 Å². The van der Waals surface area contributed by atoms with Gasteiger partial charge >= 0.3 is 5.69 Å². The maximum absolute atomic E-state index is 12.1. The number of hydrogen-bond acceptors (Lipinski definition) is 4. The number of H-pyrrole nitrogens is 1. The molecule has 116 valence electrons. The third-order valence-corrected chi connectivity index (χ3v) is 3.48. The van der Waals surface area contributed by atoms with Crippen molar-refractivity contribution in [2.45, 2.75) is 40.3 Å². The van der Waals surface area contributed by atoms with Crippen LogP contribution in [0, 0.1) is 0 Å². The topological polar surface area (TPSA) is 63.2 Å². The van der Waals surface area contributed by atoms with E-state index in [0.717, 1.165) is 25.2 Å². The van der Waals surface area contributed by atoms with E-state index >= 15 is 0 Å². The molecule has 0 amide bonds. The second-order valence-corrected chi connectivity index (χ2v) is 5.30. The summed E-state index contributed by atoms with van der Waals surface area (Å²) in [4.78, 5) is 21.6. The van der Waals surface area contributed by atoms with Gasteiger partial charge in [-0.3, -0.25) is 4.57 Å². The third kappa shape index (κ3) is 3.64. The minimum atomic E-state index is -0.119. The van der Waals surface area contributed by atoms with Gasteiger partial charge in [0, 0.05) is 19.2 Å². The van der Waals surface area contributed by atoms with Crippen LogP contribution in [0.1, 0.15) is 27.7 Å². The fraction of sp³-hybridized carbons (Fsp3) is 0.600. The number of nitrogens with zero attached hydrogens (tertiary/aromatic N) is 3. The number of aromatic nitrogens is 3. The summed E-state index contributed by atoms with van der Waals surface area (Å²) in [5.41, 5.74) is 1.28. The first-order valence-electron chi connectivity index (χ1n) is 7.53. The average molecular weight is 292 g/mol. The van der Waals surface area contributed by atoms with Crippen LogP contribution in [0.4, 0.5) is 0 Å². The number of hydrogen-bond donors (Lipinski definition) is 1. The van der Waals surface area contributed by atoms with Gasteiger partial charge in [0.1, 0.15) is 0 Å². The number of ether oxygens (including phenoxy) is 1. The zero-order valence-corrected chi connectivity index (χ0v) is 13.2. The number of fused-ring (bicyclic) bond motifs is 1. The fourth-order valence-electron chi connectivity index (χ4n) is 2.31. The van der Waals surface area contributed by atoms with Crippen molar-refractivity contribution in [1.82, 2.24) is 19.4 Å². The lowest BCUT2D eigenvalue weighted by Gasteiger charge is -2.17. The Bertz CT molecular complexity index is 641. The highest BCUT2D eigenvalue weighted by atomic mass is 16.5. The summed E-state index contributed by atoms with van der Waals surface area (Å²) in [6.45, 7) is 11.6. The number of aromatic amines is 1. The largest absolute Gasteiger partial charge is 0.475 e.